The molecule has 1 atom stereocenters. The Bertz CT molecular complexity index is 694. The zero-order valence-electron chi connectivity index (χ0n) is 14.5. The summed E-state index contributed by atoms with van der Waals surface area (Å²) in [6, 6.07) is 5.28. The summed E-state index contributed by atoms with van der Waals surface area (Å²) < 4.78 is 23.3. The molecule has 0 bridgehead atoms. The van der Waals surface area contributed by atoms with E-state index in [1.165, 1.54) is 6.26 Å². The highest BCUT2D eigenvalue weighted by atomic mass is 32.2. The predicted octanol–water partition coefficient (Wildman–Crippen LogP) is 3.44. The van der Waals surface area contributed by atoms with E-state index in [-0.39, 0.29) is 12.1 Å². The summed E-state index contributed by atoms with van der Waals surface area (Å²) in [5.74, 6) is 0.385. The Morgan fingerprint density at radius 1 is 1.26 bits per heavy atom. The highest BCUT2D eigenvalue weighted by molar-refractivity contribution is 7.90. The maximum atomic E-state index is 12.6. The molecule has 0 radical (unpaired) electrons. The molecule has 1 aromatic rings. The third kappa shape index (κ3) is 4.25. The summed E-state index contributed by atoms with van der Waals surface area (Å²) in [4.78, 5) is 14.8. The van der Waals surface area contributed by atoms with Crippen molar-refractivity contribution in [1.82, 2.24) is 4.90 Å². The number of benzene rings is 1. The van der Waals surface area contributed by atoms with Crippen molar-refractivity contribution in [2.45, 2.75) is 57.5 Å². The van der Waals surface area contributed by atoms with E-state index in [0.29, 0.717) is 28.1 Å². The monoisotopic (exact) mass is 338 g/mol. The van der Waals surface area contributed by atoms with Crippen molar-refractivity contribution in [3.8, 4) is 0 Å². The number of sulfone groups is 1. The molecule has 0 saturated heterocycles. The van der Waals surface area contributed by atoms with E-state index in [1.807, 2.05) is 4.90 Å². The topological polar surface area (TPSA) is 66.5 Å². The van der Waals surface area contributed by atoms with Gasteiger partial charge in [-0.3, -0.25) is 0 Å². The van der Waals surface area contributed by atoms with Crippen LogP contribution in [0.3, 0.4) is 0 Å². The fraction of sp³-hybridized carbons (Fsp3) is 0.588. The van der Waals surface area contributed by atoms with Crippen LogP contribution in [-0.4, -0.2) is 37.7 Å². The first-order valence-electron chi connectivity index (χ1n) is 8.01. The van der Waals surface area contributed by atoms with Crippen LogP contribution in [0.5, 0.6) is 0 Å². The molecule has 1 N–H and O–H groups in total. The molecule has 1 unspecified atom stereocenters. The third-order valence-corrected chi connectivity index (χ3v) is 5.66. The quantitative estimate of drug-likeness (QED) is 0.894. The van der Waals surface area contributed by atoms with E-state index in [0.717, 1.165) is 12.8 Å². The van der Waals surface area contributed by atoms with Crippen molar-refractivity contribution in [3.05, 3.63) is 23.8 Å². The van der Waals surface area contributed by atoms with Gasteiger partial charge in [0.15, 0.2) is 9.84 Å². The summed E-state index contributed by atoms with van der Waals surface area (Å²) in [5.41, 5.74) is 1.27. The molecule has 1 fully saturated rings. The lowest BCUT2D eigenvalue weighted by Gasteiger charge is -2.32. The van der Waals surface area contributed by atoms with E-state index in [9.17, 15) is 13.2 Å². The molecule has 6 heteroatoms. The van der Waals surface area contributed by atoms with Gasteiger partial charge >= 0.3 is 6.03 Å². The lowest BCUT2D eigenvalue weighted by Crippen LogP contribution is -2.45. The number of nitrogens with zero attached hydrogens (tertiary/aromatic N) is 1. The van der Waals surface area contributed by atoms with Gasteiger partial charge in [-0.15, -0.1) is 0 Å². The standard InChI is InChI=1S/C17H26N2O3S/c1-11(2)13(4)19(15-7-8-15)17(20)18-14-6-9-16(12(3)10-14)23(5,21)22/h6,9-11,13,15H,7-8H2,1-5H3,(H,18,20). The zero-order valence-corrected chi connectivity index (χ0v) is 15.3. The molecule has 0 aromatic heterocycles. The highest BCUT2D eigenvalue weighted by Gasteiger charge is 2.36. The Morgan fingerprint density at radius 3 is 2.30 bits per heavy atom. The molecule has 1 saturated carbocycles. The summed E-state index contributed by atoms with van der Waals surface area (Å²) in [6.07, 6.45) is 3.29. The van der Waals surface area contributed by atoms with Crippen LogP contribution in [0.25, 0.3) is 0 Å². The second-order valence-electron chi connectivity index (χ2n) is 6.81. The maximum absolute atomic E-state index is 12.6. The number of rotatable bonds is 5. The minimum atomic E-state index is -3.25. The number of carbonyl (C=O) groups is 1. The Hall–Kier alpha value is -1.56. The molecule has 0 spiro atoms. The van der Waals surface area contributed by atoms with Crippen molar-refractivity contribution in [2.75, 3.05) is 11.6 Å². The van der Waals surface area contributed by atoms with Gasteiger partial charge in [-0.25, -0.2) is 13.2 Å². The Balaban J connectivity index is 2.17. The van der Waals surface area contributed by atoms with Gasteiger partial charge in [0.2, 0.25) is 0 Å². The fourth-order valence-corrected chi connectivity index (χ4v) is 3.65. The van der Waals surface area contributed by atoms with Crippen LogP contribution in [0.15, 0.2) is 23.1 Å². The molecular formula is C17H26N2O3S. The van der Waals surface area contributed by atoms with Gasteiger partial charge in [0.1, 0.15) is 0 Å². The third-order valence-electron chi connectivity index (χ3n) is 4.40. The van der Waals surface area contributed by atoms with Crippen LogP contribution in [0.1, 0.15) is 39.2 Å². The molecule has 0 aliphatic heterocycles. The molecular weight excluding hydrogens is 312 g/mol. The number of amides is 2. The van der Waals surface area contributed by atoms with Crippen molar-refractivity contribution in [3.63, 3.8) is 0 Å². The van der Waals surface area contributed by atoms with Crippen molar-refractivity contribution in [2.24, 2.45) is 5.92 Å². The molecule has 23 heavy (non-hydrogen) atoms. The first-order valence-corrected chi connectivity index (χ1v) is 9.90. The maximum Gasteiger partial charge on any atom is 0.322 e. The average Bonchev–Trinajstić information content (AvgIpc) is 3.21. The molecule has 1 aliphatic rings. The van der Waals surface area contributed by atoms with Gasteiger partial charge in [-0.05, 0) is 56.4 Å². The Labute approximate surface area is 139 Å². The Morgan fingerprint density at radius 2 is 1.87 bits per heavy atom. The SMILES string of the molecule is Cc1cc(NC(=O)N(C2CC2)C(C)C(C)C)ccc1S(C)(=O)=O. The van der Waals surface area contributed by atoms with E-state index < -0.39 is 9.84 Å². The van der Waals surface area contributed by atoms with Crippen LogP contribution < -0.4 is 5.32 Å². The van der Waals surface area contributed by atoms with Gasteiger partial charge in [0.05, 0.1) is 4.90 Å². The van der Waals surface area contributed by atoms with Crippen molar-refractivity contribution in [1.29, 1.82) is 0 Å². The molecule has 5 nitrogen and oxygen atoms in total. The molecule has 0 heterocycles. The van der Waals surface area contributed by atoms with Crippen LogP contribution in [0.4, 0.5) is 10.5 Å². The van der Waals surface area contributed by atoms with Crippen molar-refractivity contribution >= 4 is 21.6 Å². The molecule has 2 rings (SSSR count). The lowest BCUT2D eigenvalue weighted by atomic mass is 10.0. The van der Waals surface area contributed by atoms with Gasteiger partial charge in [-0.1, -0.05) is 13.8 Å². The van der Waals surface area contributed by atoms with Gasteiger partial charge < -0.3 is 10.2 Å². The minimum absolute atomic E-state index is 0.111. The van der Waals surface area contributed by atoms with E-state index >= 15 is 0 Å². The second kappa shape index (κ2) is 6.51. The second-order valence-corrected chi connectivity index (χ2v) is 8.79. The summed E-state index contributed by atoms with van der Waals surface area (Å²) >= 11 is 0. The summed E-state index contributed by atoms with van der Waals surface area (Å²) in [7, 11) is -3.25. The van der Waals surface area contributed by atoms with Crippen LogP contribution in [-0.2, 0) is 9.84 Å². The predicted molar refractivity (Wildman–Crippen MR) is 92.5 cm³/mol. The van der Waals surface area contributed by atoms with E-state index in [4.69, 9.17) is 0 Å². The van der Waals surface area contributed by atoms with Crippen molar-refractivity contribution < 1.29 is 13.2 Å². The zero-order chi connectivity index (χ0) is 17.4. The van der Waals surface area contributed by atoms with Gasteiger partial charge in [0, 0.05) is 24.0 Å². The first-order chi connectivity index (χ1) is 10.6. The number of carbonyl (C=O) groups excluding carboxylic acids is 1. The number of nitrogens with one attached hydrogen (secondary N) is 1. The summed E-state index contributed by atoms with van der Waals surface area (Å²) in [5, 5.41) is 2.91. The van der Waals surface area contributed by atoms with E-state index in [2.05, 4.69) is 26.1 Å². The highest BCUT2D eigenvalue weighted by Crippen LogP contribution is 2.31. The number of urea groups is 1. The van der Waals surface area contributed by atoms with Crippen LogP contribution in [0, 0.1) is 12.8 Å². The van der Waals surface area contributed by atoms with Gasteiger partial charge in [-0.2, -0.15) is 0 Å². The number of aryl methyl sites for hydroxylation is 1. The molecule has 1 aliphatic carbocycles. The first kappa shape index (κ1) is 17.8. The van der Waals surface area contributed by atoms with E-state index in [1.54, 1.807) is 25.1 Å². The molecule has 2 amide bonds. The number of anilines is 1. The van der Waals surface area contributed by atoms with Crippen LogP contribution in [0.2, 0.25) is 0 Å². The van der Waals surface area contributed by atoms with Gasteiger partial charge in [0.25, 0.3) is 0 Å². The fourth-order valence-electron chi connectivity index (χ4n) is 2.69. The molecule has 128 valence electrons. The minimum Gasteiger partial charge on any atom is -0.319 e. The normalized spacial score (nSPS) is 16.3. The Kier molecular flexibility index (Phi) is 5.04. The lowest BCUT2D eigenvalue weighted by molar-refractivity contribution is 0.169. The summed E-state index contributed by atoms with van der Waals surface area (Å²) in [6.45, 7) is 8.03. The smallest absolute Gasteiger partial charge is 0.319 e. The average molecular weight is 338 g/mol. The number of hydrogen-bond acceptors (Lipinski definition) is 3. The molecule has 1 aromatic carbocycles. The van der Waals surface area contributed by atoms with Crippen LogP contribution >= 0.6 is 0 Å². The number of hydrogen-bond donors (Lipinski definition) is 1. The largest absolute Gasteiger partial charge is 0.322 e.